The van der Waals surface area contributed by atoms with Crippen LogP contribution < -0.4 is 14.8 Å². The molecule has 0 aliphatic heterocycles. The molecular formula is C16H20N2O2. The van der Waals surface area contributed by atoms with Gasteiger partial charge in [0.2, 0.25) is 0 Å². The van der Waals surface area contributed by atoms with Crippen LogP contribution in [0.2, 0.25) is 0 Å². The van der Waals surface area contributed by atoms with Gasteiger partial charge < -0.3 is 14.8 Å². The Morgan fingerprint density at radius 2 is 1.80 bits per heavy atom. The molecule has 0 saturated heterocycles. The Balaban J connectivity index is 1.94. The third-order valence-electron chi connectivity index (χ3n) is 3.03. The molecule has 0 amide bonds. The SMILES string of the molecule is COc1ccc(CNCc2cccc(C)n2)cc1OC. The monoisotopic (exact) mass is 272 g/mol. The number of methoxy groups -OCH3 is 2. The Labute approximate surface area is 119 Å². The fraction of sp³-hybridized carbons (Fsp3) is 0.312. The zero-order valence-electron chi connectivity index (χ0n) is 12.1. The van der Waals surface area contributed by atoms with Crippen LogP contribution in [0, 0.1) is 6.92 Å². The van der Waals surface area contributed by atoms with Gasteiger partial charge in [0.1, 0.15) is 0 Å². The van der Waals surface area contributed by atoms with Crippen LogP contribution >= 0.6 is 0 Å². The van der Waals surface area contributed by atoms with E-state index in [1.54, 1.807) is 14.2 Å². The summed E-state index contributed by atoms with van der Waals surface area (Å²) in [7, 11) is 3.28. The zero-order chi connectivity index (χ0) is 14.4. The highest BCUT2D eigenvalue weighted by Crippen LogP contribution is 2.27. The van der Waals surface area contributed by atoms with Crippen LogP contribution in [0.1, 0.15) is 17.0 Å². The predicted octanol–water partition coefficient (Wildman–Crippen LogP) is 2.70. The number of nitrogens with zero attached hydrogens (tertiary/aromatic N) is 1. The van der Waals surface area contributed by atoms with E-state index < -0.39 is 0 Å². The standard InChI is InChI=1S/C16H20N2O2/c1-12-5-4-6-14(18-12)11-17-10-13-7-8-15(19-2)16(9-13)20-3/h4-9,17H,10-11H2,1-3H3. The van der Waals surface area contributed by atoms with Crippen LogP contribution in [0.4, 0.5) is 0 Å². The van der Waals surface area contributed by atoms with E-state index >= 15 is 0 Å². The van der Waals surface area contributed by atoms with Gasteiger partial charge in [-0.25, -0.2) is 0 Å². The molecule has 0 radical (unpaired) electrons. The quantitative estimate of drug-likeness (QED) is 0.878. The molecule has 4 heteroatoms. The second-order valence-corrected chi connectivity index (χ2v) is 4.56. The molecule has 0 fully saturated rings. The third-order valence-corrected chi connectivity index (χ3v) is 3.03. The second kappa shape index (κ2) is 6.91. The number of hydrogen-bond donors (Lipinski definition) is 1. The molecule has 2 aromatic rings. The van der Waals surface area contributed by atoms with Crippen molar-refractivity contribution in [2.45, 2.75) is 20.0 Å². The highest BCUT2D eigenvalue weighted by atomic mass is 16.5. The Morgan fingerprint density at radius 1 is 1.00 bits per heavy atom. The molecule has 0 saturated carbocycles. The average Bonchev–Trinajstić information content (AvgIpc) is 2.47. The van der Waals surface area contributed by atoms with Crippen LogP contribution in [-0.4, -0.2) is 19.2 Å². The fourth-order valence-electron chi connectivity index (χ4n) is 2.02. The van der Waals surface area contributed by atoms with E-state index in [2.05, 4.69) is 10.3 Å². The fourth-order valence-corrected chi connectivity index (χ4v) is 2.02. The van der Waals surface area contributed by atoms with Crippen LogP contribution in [0.15, 0.2) is 36.4 Å². The predicted molar refractivity (Wildman–Crippen MR) is 79.1 cm³/mol. The van der Waals surface area contributed by atoms with Crippen molar-refractivity contribution in [3.8, 4) is 11.5 Å². The zero-order valence-corrected chi connectivity index (χ0v) is 12.1. The van der Waals surface area contributed by atoms with Crippen molar-refractivity contribution in [1.82, 2.24) is 10.3 Å². The smallest absolute Gasteiger partial charge is 0.161 e. The Bertz CT molecular complexity index is 570. The van der Waals surface area contributed by atoms with Gasteiger partial charge in [0.05, 0.1) is 19.9 Å². The molecule has 0 atom stereocenters. The molecule has 1 N–H and O–H groups in total. The minimum atomic E-state index is 0.746. The molecule has 20 heavy (non-hydrogen) atoms. The summed E-state index contributed by atoms with van der Waals surface area (Å²) >= 11 is 0. The van der Waals surface area contributed by atoms with E-state index in [-0.39, 0.29) is 0 Å². The van der Waals surface area contributed by atoms with Crippen molar-refractivity contribution < 1.29 is 9.47 Å². The van der Waals surface area contributed by atoms with Crippen LogP contribution in [-0.2, 0) is 13.1 Å². The molecule has 2 rings (SSSR count). The third kappa shape index (κ3) is 3.71. The first-order chi connectivity index (χ1) is 9.72. The molecular weight excluding hydrogens is 252 g/mol. The van der Waals surface area contributed by atoms with E-state index in [9.17, 15) is 0 Å². The average molecular weight is 272 g/mol. The summed E-state index contributed by atoms with van der Waals surface area (Å²) in [6.07, 6.45) is 0. The van der Waals surface area contributed by atoms with Gasteiger partial charge in [-0.05, 0) is 36.8 Å². The number of aryl methyl sites for hydroxylation is 1. The van der Waals surface area contributed by atoms with Gasteiger partial charge in [-0.1, -0.05) is 12.1 Å². The topological polar surface area (TPSA) is 43.4 Å². The van der Waals surface area contributed by atoms with Gasteiger partial charge in [0.15, 0.2) is 11.5 Å². The molecule has 1 heterocycles. The van der Waals surface area contributed by atoms with Crippen molar-refractivity contribution in [2.75, 3.05) is 14.2 Å². The maximum atomic E-state index is 5.29. The van der Waals surface area contributed by atoms with E-state index in [0.29, 0.717) is 0 Å². The molecule has 0 unspecified atom stereocenters. The first kappa shape index (κ1) is 14.3. The summed E-state index contributed by atoms with van der Waals surface area (Å²) in [4.78, 5) is 4.46. The molecule has 106 valence electrons. The van der Waals surface area contributed by atoms with Gasteiger partial charge in [0.25, 0.3) is 0 Å². The summed E-state index contributed by atoms with van der Waals surface area (Å²) in [5.74, 6) is 1.50. The summed E-state index contributed by atoms with van der Waals surface area (Å²) in [5, 5.41) is 3.38. The number of pyridine rings is 1. The van der Waals surface area contributed by atoms with Crippen molar-refractivity contribution in [3.05, 3.63) is 53.3 Å². The van der Waals surface area contributed by atoms with Gasteiger partial charge >= 0.3 is 0 Å². The summed E-state index contributed by atoms with van der Waals surface area (Å²) < 4.78 is 10.5. The minimum absolute atomic E-state index is 0.746. The van der Waals surface area contributed by atoms with Gasteiger partial charge in [0, 0.05) is 18.8 Å². The van der Waals surface area contributed by atoms with Gasteiger partial charge in [-0.2, -0.15) is 0 Å². The van der Waals surface area contributed by atoms with E-state index in [0.717, 1.165) is 41.5 Å². The molecule has 4 nitrogen and oxygen atoms in total. The minimum Gasteiger partial charge on any atom is -0.493 e. The summed E-state index contributed by atoms with van der Waals surface area (Å²) in [5.41, 5.74) is 3.23. The number of ether oxygens (including phenoxy) is 2. The number of aromatic nitrogens is 1. The lowest BCUT2D eigenvalue weighted by Gasteiger charge is -2.10. The molecule has 0 aliphatic rings. The van der Waals surface area contributed by atoms with Crippen molar-refractivity contribution in [3.63, 3.8) is 0 Å². The van der Waals surface area contributed by atoms with Crippen molar-refractivity contribution in [1.29, 1.82) is 0 Å². The lowest BCUT2D eigenvalue weighted by Crippen LogP contribution is -2.14. The van der Waals surface area contributed by atoms with E-state index in [4.69, 9.17) is 9.47 Å². The Morgan fingerprint density at radius 3 is 2.50 bits per heavy atom. The van der Waals surface area contributed by atoms with Crippen molar-refractivity contribution in [2.24, 2.45) is 0 Å². The second-order valence-electron chi connectivity index (χ2n) is 4.56. The van der Waals surface area contributed by atoms with E-state index in [1.807, 2.05) is 43.3 Å². The van der Waals surface area contributed by atoms with Crippen LogP contribution in [0.5, 0.6) is 11.5 Å². The Kier molecular flexibility index (Phi) is 4.96. The highest BCUT2D eigenvalue weighted by Gasteiger charge is 2.04. The molecule has 0 bridgehead atoms. The van der Waals surface area contributed by atoms with Gasteiger partial charge in [-0.15, -0.1) is 0 Å². The molecule has 0 spiro atoms. The largest absolute Gasteiger partial charge is 0.493 e. The maximum Gasteiger partial charge on any atom is 0.161 e. The lowest BCUT2D eigenvalue weighted by molar-refractivity contribution is 0.354. The highest BCUT2D eigenvalue weighted by molar-refractivity contribution is 5.42. The first-order valence-corrected chi connectivity index (χ1v) is 6.57. The van der Waals surface area contributed by atoms with Crippen LogP contribution in [0.3, 0.4) is 0 Å². The lowest BCUT2D eigenvalue weighted by atomic mass is 10.2. The van der Waals surface area contributed by atoms with Crippen molar-refractivity contribution >= 4 is 0 Å². The molecule has 1 aromatic heterocycles. The summed E-state index contributed by atoms with van der Waals surface area (Å²) in [6.45, 7) is 3.50. The Hall–Kier alpha value is -2.07. The number of rotatable bonds is 6. The molecule has 0 aliphatic carbocycles. The molecule has 1 aromatic carbocycles. The first-order valence-electron chi connectivity index (χ1n) is 6.57. The number of nitrogens with one attached hydrogen (secondary N) is 1. The summed E-state index contributed by atoms with van der Waals surface area (Å²) in [6, 6.07) is 12.0. The normalized spacial score (nSPS) is 10.3. The maximum absolute atomic E-state index is 5.29. The van der Waals surface area contributed by atoms with E-state index in [1.165, 1.54) is 0 Å². The van der Waals surface area contributed by atoms with Crippen LogP contribution in [0.25, 0.3) is 0 Å². The van der Waals surface area contributed by atoms with Gasteiger partial charge in [-0.3, -0.25) is 4.98 Å². The number of hydrogen-bond acceptors (Lipinski definition) is 4. The number of benzene rings is 1.